The molecule has 0 radical (unpaired) electrons. The van der Waals surface area contributed by atoms with Crippen molar-refractivity contribution in [2.24, 2.45) is 0 Å². The summed E-state index contributed by atoms with van der Waals surface area (Å²) in [5, 5.41) is 0. The van der Waals surface area contributed by atoms with Crippen LogP contribution in [0.25, 0.3) is 0 Å². The highest BCUT2D eigenvalue weighted by molar-refractivity contribution is 7.58. The molecule has 2 rings (SSSR count). The first kappa shape index (κ1) is 25.5. The normalized spacial score (nSPS) is 13.6. The van der Waals surface area contributed by atoms with Crippen LogP contribution in [0.3, 0.4) is 0 Å². The Morgan fingerprint density at radius 3 is 2.19 bits per heavy atom. The van der Waals surface area contributed by atoms with Gasteiger partial charge >= 0.3 is 6.17 Å². The fourth-order valence-corrected chi connectivity index (χ4v) is 5.18. The van der Waals surface area contributed by atoms with E-state index >= 15 is 0 Å². The van der Waals surface area contributed by atoms with Gasteiger partial charge in [0.05, 0.1) is 12.8 Å². The van der Waals surface area contributed by atoms with Gasteiger partial charge in [0.1, 0.15) is 5.75 Å². The van der Waals surface area contributed by atoms with Gasteiger partial charge in [0.2, 0.25) is 0 Å². The van der Waals surface area contributed by atoms with Gasteiger partial charge in [-0.3, -0.25) is 4.57 Å². The predicted octanol–water partition coefficient (Wildman–Crippen LogP) is 7.04. The molecule has 0 aliphatic rings. The summed E-state index contributed by atoms with van der Waals surface area (Å²) in [6, 6.07) is 9.82. The SMILES string of the molecule is CCOP(=O)(Cc1cc(C)c(Cc2ccc(OCOC)c(C(C)C)c2)c(C)c1)C(F)F. The Kier molecular flexibility index (Phi) is 9.23. The smallest absolute Gasteiger partial charge is 0.312 e. The Balaban J connectivity index is 2.30. The lowest BCUT2D eigenvalue weighted by Crippen LogP contribution is -2.05. The maximum Gasteiger partial charge on any atom is 0.312 e. The molecule has 4 nitrogen and oxygen atoms in total. The van der Waals surface area contributed by atoms with Crippen molar-refractivity contribution in [2.45, 2.75) is 59.3 Å². The van der Waals surface area contributed by atoms with E-state index in [0.29, 0.717) is 17.9 Å². The van der Waals surface area contributed by atoms with Crippen LogP contribution in [0.15, 0.2) is 30.3 Å². The monoisotopic (exact) mass is 454 g/mol. The molecule has 172 valence electrons. The van der Waals surface area contributed by atoms with Crippen molar-refractivity contribution in [3.8, 4) is 5.75 Å². The number of aryl methyl sites for hydroxylation is 2. The van der Waals surface area contributed by atoms with Crippen LogP contribution in [0.4, 0.5) is 8.78 Å². The maximum atomic E-state index is 13.3. The Morgan fingerprint density at radius 1 is 1.03 bits per heavy atom. The van der Waals surface area contributed by atoms with Crippen molar-refractivity contribution in [2.75, 3.05) is 20.5 Å². The third-order valence-corrected chi connectivity index (χ3v) is 7.31. The van der Waals surface area contributed by atoms with Gasteiger partial charge in [0, 0.05) is 7.11 Å². The first-order valence-corrected chi connectivity index (χ1v) is 12.3. The van der Waals surface area contributed by atoms with Crippen LogP contribution in [0, 0.1) is 13.8 Å². The van der Waals surface area contributed by atoms with E-state index in [1.807, 2.05) is 38.1 Å². The summed E-state index contributed by atoms with van der Waals surface area (Å²) >= 11 is 0. The average molecular weight is 454 g/mol. The molecule has 2 aromatic rings. The van der Waals surface area contributed by atoms with E-state index in [0.717, 1.165) is 33.6 Å². The van der Waals surface area contributed by atoms with Gasteiger partial charge in [-0.05, 0) is 72.6 Å². The summed E-state index contributed by atoms with van der Waals surface area (Å²) in [7, 11) is -2.43. The summed E-state index contributed by atoms with van der Waals surface area (Å²) in [4.78, 5) is 0. The minimum Gasteiger partial charge on any atom is -0.467 e. The van der Waals surface area contributed by atoms with Crippen molar-refractivity contribution in [3.05, 3.63) is 63.7 Å². The molecule has 0 aliphatic carbocycles. The number of rotatable bonds is 11. The molecular weight excluding hydrogens is 421 g/mol. The van der Waals surface area contributed by atoms with E-state index in [1.54, 1.807) is 14.0 Å². The molecule has 0 amide bonds. The first-order chi connectivity index (χ1) is 14.6. The molecular formula is C24H33F2O4P. The molecule has 0 fully saturated rings. The van der Waals surface area contributed by atoms with Gasteiger partial charge in [-0.1, -0.05) is 38.1 Å². The summed E-state index contributed by atoms with van der Waals surface area (Å²) < 4.78 is 54.8. The quantitative estimate of drug-likeness (QED) is 0.270. The van der Waals surface area contributed by atoms with Crippen molar-refractivity contribution in [1.82, 2.24) is 0 Å². The number of hydrogen-bond donors (Lipinski definition) is 0. The average Bonchev–Trinajstić information content (AvgIpc) is 2.69. The van der Waals surface area contributed by atoms with Gasteiger partial charge in [0.15, 0.2) is 6.79 Å². The highest BCUT2D eigenvalue weighted by Gasteiger charge is 2.35. The van der Waals surface area contributed by atoms with Gasteiger partial charge in [-0.15, -0.1) is 0 Å². The summed E-state index contributed by atoms with van der Waals surface area (Å²) in [6.07, 6.45) is -2.54. The highest BCUT2D eigenvalue weighted by Crippen LogP contribution is 2.56. The van der Waals surface area contributed by atoms with Crippen LogP contribution < -0.4 is 4.74 Å². The van der Waals surface area contributed by atoms with Crippen molar-refractivity contribution in [3.63, 3.8) is 0 Å². The van der Waals surface area contributed by atoms with Crippen LogP contribution in [-0.4, -0.2) is 26.7 Å². The molecule has 0 saturated heterocycles. The zero-order valence-corrected chi connectivity index (χ0v) is 20.1. The molecule has 0 saturated carbocycles. The van der Waals surface area contributed by atoms with E-state index in [9.17, 15) is 13.3 Å². The maximum absolute atomic E-state index is 13.3. The molecule has 1 unspecified atom stereocenters. The zero-order chi connectivity index (χ0) is 23.2. The second-order valence-electron chi connectivity index (χ2n) is 8.04. The van der Waals surface area contributed by atoms with Gasteiger partial charge in [-0.2, -0.15) is 8.78 Å². The first-order valence-electron chi connectivity index (χ1n) is 10.5. The fourth-order valence-electron chi connectivity index (χ4n) is 3.71. The lowest BCUT2D eigenvalue weighted by atomic mass is 9.92. The van der Waals surface area contributed by atoms with Gasteiger partial charge in [0.25, 0.3) is 7.37 Å². The molecule has 31 heavy (non-hydrogen) atoms. The molecule has 2 aromatic carbocycles. The number of halogens is 2. The van der Waals surface area contributed by atoms with E-state index in [2.05, 4.69) is 19.9 Å². The van der Waals surface area contributed by atoms with Crippen molar-refractivity contribution in [1.29, 1.82) is 0 Å². The van der Waals surface area contributed by atoms with Crippen molar-refractivity contribution < 1.29 is 27.3 Å². The second kappa shape index (κ2) is 11.2. The standard InChI is InChI=1S/C24H33F2O4P/c1-7-30-31(27,24(25)26)14-20-10-17(4)22(18(5)11-20)13-19-8-9-23(29-15-28-6)21(12-19)16(2)3/h8-12,16,24H,7,13-15H2,1-6H3. The van der Waals surface area contributed by atoms with E-state index in [4.69, 9.17) is 14.0 Å². The van der Waals surface area contributed by atoms with Crippen LogP contribution in [0.2, 0.25) is 0 Å². The third-order valence-electron chi connectivity index (χ3n) is 5.21. The number of benzene rings is 2. The lowest BCUT2D eigenvalue weighted by molar-refractivity contribution is 0.0502. The predicted molar refractivity (Wildman–Crippen MR) is 121 cm³/mol. The number of methoxy groups -OCH3 is 1. The summed E-state index contributed by atoms with van der Waals surface area (Å²) in [6.45, 7) is 9.92. The Hall–Kier alpha value is -1.75. The molecule has 7 heteroatoms. The topological polar surface area (TPSA) is 44.8 Å². The highest BCUT2D eigenvalue weighted by atomic mass is 31.2. The number of ether oxygens (including phenoxy) is 2. The van der Waals surface area contributed by atoms with Crippen molar-refractivity contribution >= 4 is 7.37 Å². The Morgan fingerprint density at radius 2 is 1.68 bits per heavy atom. The van der Waals surface area contributed by atoms with Crippen LogP contribution in [0.1, 0.15) is 60.1 Å². The van der Waals surface area contributed by atoms with Crippen LogP contribution >= 0.6 is 7.37 Å². The minimum absolute atomic E-state index is 0.0000587. The second-order valence-corrected chi connectivity index (χ2v) is 10.5. The largest absolute Gasteiger partial charge is 0.467 e. The van der Waals surface area contributed by atoms with Gasteiger partial charge < -0.3 is 14.0 Å². The molecule has 0 aromatic heterocycles. The van der Waals surface area contributed by atoms with Crippen LogP contribution in [0.5, 0.6) is 5.75 Å². The third kappa shape index (κ3) is 6.61. The van der Waals surface area contributed by atoms with E-state index < -0.39 is 13.5 Å². The Bertz CT molecular complexity index is 905. The molecule has 0 spiro atoms. The molecule has 0 bridgehead atoms. The fraction of sp³-hybridized carbons (Fsp3) is 0.500. The molecule has 1 atom stereocenters. The molecule has 0 N–H and O–H groups in total. The molecule has 0 aliphatic heterocycles. The minimum atomic E-state index is -4.02. The number of alkyl halides is 2. The van der Waals surface area contributed by atoms with E-state index in [1.165, 1.54) is 0 Å². The van der Waals surface area contributed by atoms with Gasteiger partial charge in [-0.25, -0.2) is 0 Å². The Labute approximate surface area is 184 Å². The zero-order valence-electron chi connectivity index (χ0n) is 19.2. The lowest BCUT2D eigenvalue weighted by Gasteiger charge is -2.19. The molecule has 0 heterocycles. The summed E-state index contributed by atoms with van der Waals surface area (Å²) in [5.74, 6) is 1.10. The summed E-state index contributed by atoms with van der Waals surface area (Å²) in [5.41, 5.74) is 5.96. The van der Waals surface area contributed by atoms with E-state index in [-0.39, 0.29) is 19.6 Å². The van der Waals surface area contributed by atoms with Crippen LogP contribution in [-0.2, 0) is 26.4 Å². The number of hydrogen-bond acceptors (Lipinski definition) is 4.